The van der Waals surface area contributed by atoms with Gasteiger partial charge in [-0.3, -0.25) is 9.59 Å². The molecule has 0 aromatic carbocycles. The molecule has 0 rings (SSSR count). The summed E-state index contributed by atoms with van der Waals surface area (Å²) in [4.78, 5) is 36.2. The van der Waals surface area contributed by atoms with E-state index in [1.54, 1.807) is 0 Å². The van der Waals surface area contributed by atoms with Crippen molar-refractivity contribution in [1.82, 2.24) is 5.32 Å². The molecule has 0 aliphatic heterocycles. The molecular formula is C41H79NO5. The van der Waals surface area contributed by atoms with Crippen molar-refractivity contribution < 1.29 is 24.2 Å². The number of nitrogens with one attached hydrogen (secondary N) is 1. The van der Waals surface area contributed by atoms with Crippen LogP contribution in [0.25, 0.3) is 0 Å². The van der Waals surface area contributed by atoms with Gasteiger partial charge in [-0.15, -0.1) is 0 Å². The van der Waals surface area contributed by atoms with Crippen LogP contribution in [0, 0.1) is 5.92 Å². The average Bonchev–Trinajstić information content (AvgIpc) is 3.04. The molecule has 0 radical (unpaired) electrons. The van der Waals surface area contributed by atoms with Gasteiger partial charge in [0.25, 0.3) is 0 Å². The third-order valence-electron chi connectivity index (χ3n) is 9.44. The first-order chi connectivity index (χ1) is 22.9. The summed E-state index contributed by atoms with van der Waals surface area (Å²) < 4.78 is 5.44. The molecule has 0 aromatic rings. The second kappa shape index (κ2) is 35.7. The lowest BCUT2D eigenvalue weighted by molar-refractivity contribution is -0.148. The predicted octanol–water partition coefficient (Wildman–Crippen LogP) is 12.3. The lowest BCUT2D eigenvalue weighted by atomic mass is 10.0. The Morgan fingerprint density at radius 1 is 0.511 bits per heavy atom. The number of rotatable bonds is 37. The first-order valence-electron chi connectivity index (χ1n) is 20.5. The average molecular weight is 666 g/mol. The highest BCUT2D eigenvalue weighted by atomic mass is 16.5. The van der Waals surface area contributed by atoms with E-state index in [1.165, 1.54) is 148 Å². The number of carbonyl (C=O) groups is 3. The Morgan fingerprint density at radius 3 is 1.30 bits per heavy atom. The molecule has 0 aliphatic carbocycles. The van der Waals surface area contributed by atoms with E-state index in [-0.39, 0.29) is 18.7 Å². The second-order valence-electron chi connectivity index (χ2n) is 14.7. The minimum Gasteiger partial charge on any atom is -0.481 e. The SMILES string of the molecule is CCCCCCCCCCCCCCCCCC(=O)N[C@@H](CCC(=O)O)C(=O)OCCCCCCCCCCCCCCCC(C)C. The van der Waals surface area contributed by atoms with Crippen molar-refractivity contribution in [2.24, 2.45) is 5.92 Å². The van der Waals surface area contributed by atoms with E-state index < -0.39 is 18.0 Å². The third kappa shape index (κ3) is 35.5. The Kier molecular flexibility index (Phi) is 34.5. The summed E-state index contributed by atoms with van der Waals surface area (Å²) in [5.41, 5.74) is 0. The number of carboxylic acids is 1. The maximum atomic E-state index is 12.6. The number of ether oxygens (including phenoxy) is 1. The summed E-state index contributed by atoms with van der Waals surface area (Å²) in [6.07, 6.45) is 37.1. The molecule has 0 unspecified atom stereocenters. The van der Waals surface area contributed by atoms with Crippen molar-refractivity contribution in [3.63, 3.8) is 0 Å². The number of carboxylic acid groups (broad SMARTS) is 1. The Balaban J connectivity index is 3.80. The van der Waals surface area contributed by atoms with Crippen molar-refractivity contribution >= 4 is 17.8 Å². The van der Waals surface area contributed by atoms with E-state index in [2.05, 4.69) is 26.1 Å². The van der Waals surface area contributed by atoms with E-state index in [1.807, 2.05) is 0 Å². The Morgan fingerprint density at radius 2 is 0.894 bits per heavy atom. The molecule has 1 atom stereocenters. The Bertz CT molecular complexity index is 710. The normalized spacial score (nSPS) is 12.0. The minimum atomic E-state index is -0.975. The highest BCUT2D eigenvalue weighted by Gasteiger charge is 2.23. The topological polar surface area (TPSA) is 92.7 Å². The molecule has 6 heteroatoms. The summed E-state index contributed by atoms with van der Waals surface area (Å²) >= 11 is 0. The van der Waals surface area contributed by atoms with Crippen LogP contribution in [0.15, 0.2) is 0 Å². The zero-order valence-corrected chi connectivity index (χ0v) is 31.6. The van der Waals surface area contributed by atoms with Crippen LogP contribution in [-0.4, -0.2) is 35.6 Å². The van der Waals surface area contributed by atoms with Gasteiger partial charge in [-0.25, -0.2) is 4.79 Å². The summed E-state index contributed by atoms with van der Waals surface area (Å²) in [6, 6.07) is -0.880. The van der Waals surface area contributed by atoms with Gasteiger partial charge in [0.2, 0.25) is 5.91 Å². The summed E-state index contributed by atoms with van der Waals surface area (Å²) in [5.74, 6) is -0.827. The smallest absolute Gasteiger partial charge is 0.328 e. The predicted molar refractivity (Wildman–Crippen MR) is 199 cm³/mol. The van der Waals surface area contributed by atoms with E-state index in [0.717, 1.165) is 44.4 Å². The van der Waals surface area contributed by atoms with Gasteiger partial charge < -0.3 is 15.2 Å². The van der Waals surface area contributed by atoms with Gasteiger partial charge in [0.05, 0.1) is 6.61 Å². The van der Waals surface area contributed by atoms with E-state index in [0.29, 0.717) is 13.0 Å². The monoisotopic (exact) mass is 666 g/mol. The standard InChI is InChI=1S/C41H79NO5/c1-4-5-6-7-8-9-10-11-12-15-18-21-24-27-30-33-39(43)42-38(34-35-40(44)45)41(46)47-36-31-28-25-22-19-16-13-14-17-20-23-26-29-32-37(2)3/h37-38H,4-36H2,1-3H3,(H,42,43)(H,44,45)/t38-/m0/s1. The zero-order chi connectivity index (χ0) is 34.6. The van der Waals surface area contributed by atoms with Crippen LogP contribution in [0.4, 0.5) is 0 Å². The number of aliphatic carboxylic acids is 1. The number of esters is 1. The minimum absolute atomic E-state index is 0.0664. The molecule has 0 spiro atoms. The number of unbranched alkanes of at least 4 members (excludes halogenated alkanes) is 26. The van der Waals surface area contributed by atoms with Crippen LogP contribution in [0.1, 0.15) is 226 Å². The molecule has 47 heavy (non-hydrogen) atoms. The summed E-state index contributed by atoms with van der Waals surface area (Å²) in [6.45, 7) is 7.21. The van der Waals surface area contributed by atoms with Gasteiger partial charge in [-0.05, 0) is 25.2 Å². The molecular weight excluding hydrogens is 586 g/mol. The summed E-state index contributed by atoms with van der Waals surface area (Å²) in [7, 11) is 0. The molecule has 6 nitrogen and oxygen atoms in total. The van der Waals surface area contributed by atoms with Crippen LogP contribution < -0.4 is 5.32 Å². The first-order valence-corrected chi connectivity index (χ1v) is 20.5. The highest BCUT2D eigenvalue weighted by Crippen LogP contribution is 2.16. The van der Waals surface area contributed by atoms with Crippen LogP contribution >= 0.6 is 0 Å². The first kappa shape index (κ1) is 45.4. The molecule has 0 aliphatic rings. The van der Waals surface area contributed by atoms with E-state index in [9.17, 15) is 14.4 Å². The van der Waals surface area contributed by atoms with Crippen molar-refractivity contribution in [3.8, 4) is 0 Å². The molecule has 0 bridgehead atoms. The Hall–Kier alpha value is -1.59. The van der Waals surface area contributed by atoms with Crippen molar-refractivity contribution in [2.75, 3.05) is 6.61 Å². The fraction of sp³-hybridized carbons (Fsp3) is 0.927. The van der Waals surface area contributed by atoms with Gasteiger partial charge in [0, 0.05) is 12.8 Å². The van der Waals surface area contributed by atoms with Gasteiger partial charge in [-0.2, -0.15) is 0 Å². The molecule has 278 valence electrons. The van der Waals surface area contributed by atoms with Crippen molar-refractivity contribution in [1.29, 1.82) is 0 Å². The lowest BCUT2D eigenvalue weighted by Gasteiger charge is -2.17. The zero-order valence-electron chi connectivity index (χ0n) is 31.6. The number of hydrogen-bond donors (Lipinski definition) is 2. The molecule has 2 N–H and O–H groups in total. The van der Waals surface area contributed by atoms with Crippen LogP contribution in [0.3, 0.4) is 0 Å². The maximum absolute atomic E-state index is 12.6. The molecule has 1 amide bonds. The number of hydrogen-bond acceptors (Lipinski definition) is 4. The van der Waals surface area contributed by atoms with Gasteiger partial charge in [0.1, 0.15) is 6.04 Å². The van der Waals surface area contributed by atoms with Gasteiger partial charge in [0.15, 0.2) is 0 Å². The highest BCUT2D eigenvalue weighted by molar-refractivity contribution is 5.84. The van der Waals surface area contributed by atoms with E-state index in [4.69, 9.17) is 9.84 Å². The summed E-state index contributed by atoms with van der Waals surface area (Å²) in [5, 5.41) is 11.8. The fourth-order valence-corrected chi connectivity index (χ4v) is 6.31. The third-order valence-corrected chi connectivity index (χ3v) is 9.44. The fourth-order valence-electron chi connectivity index (χ4n) is 6.31. The molecule has 0 aromatic heterocycles. The molecule has 0 heterocycles. The van der Waals surface area contributed by atoms with Crippen molar-refractivity contribution in [2.45, 2.75) is 232 Å². The van der Waals surface area contributed by atoms with E-state index >= 15 is 0 Å². The maximum Gasteiger partial charge on any atom is 0.328 e. The molecule has 0 saturated carbocycles. The number of amides is 1. The van der Waals surface area contributed by atoms with Crippen LogP contribution in [0.5, 0.6) is 0 Å². The van der Waals surface area contributed by atoms with Crippen LogP contribution in [0.2, 0.25) is 0 Å². The number of carbonyl (C=O) groups excluding carboxylic acids is 2. The van der Waals surface area contributed by atoms with Gasteiger partial charge in [-0.1, -0.05) is 194 Å². The quantitative estimate of drug-likeness (QED) is 0.0509. The largest absolute Gasteiger partial charge is 0.481 e. The lowest BCUT2D eigenvalue weighted by Crippen LogP contribution is -2.42. The van der Waals surface area contributed by atoms with Gasteiger partial charge >= 0.3 is 11.9 Å². The Labute approximate surface area is 291 Å². The molecule has 0 saturated heterocycles. The second-order valence-corrected chi connectivity index (χ2v) is 14.7. The molecule has 0 fully saturated rings. The van der Waals surface area contributed by atoms with Crippen molar-refractivity contribution in [3.05, 3.63) is 0 Å². The van der Waals surface area contributed by atoms with Crippen LogP contribution in [-0.2, 0) is 19.1 Å².